The molecule has 1 aliphatic rings. The minimum atomic E-state index is -0.309. The molecule has 2 heterocycles. The van der Waals surface area contributed by atoms with Crippen molar-refractivity contribution in [1.82, 2.24) is 15.0 Å². The van der Waals surface area contributed by atoms with Gasteiger partial charge >= 0.3 is 0 Å². The third-order valence-electron chi connectivity index (χ3n) is 4.82. The van der Waals surface area contributed by atoms with Gasteiger partial charge in [-0.2, -0.15) is 4.98 Å². The maximum Gasteiger partial charge on any atom is 0.258 e. The van der Waals surface area contributed by atoms with Crippen LogP contribution in [0.5, 0.6) is 0 Å². The molecule has 7 nitrogen and oxygen atoms in total. The van der Waals surface area contributed by atoms with E-state index in [1.54, 1.807) is 17.0 Å². The normalized spacial score (nSPS) is 16.4. The predicted octanol–water partition coefficient (Wildman–Crippen LogP) is 3.21. The molecular formula is C21H20N4O3. The highest BCUT2D eigenvalue weighted by molar-refractivity contribution is 5.97. The van der Waals surface area contributed by atoms with Gasteiger partial charge in [0.25, 0.3) is 5.89 Å². The van der Waals surface area contributed by atoms with E-state index in [0.717, 1.165) is 11.1 Å². The Morgan fingerprint density at radius 3 is 2.57 bits per heavy atom. The minimum absolute atomic E-state index is 0.0311. The molecule has 0 radical (unpaired) electrons. The van der Waals surface area contributed by atoms with Crippen molar-refractivity contribution in [3.8, 4) is 22.8 Å². The summed E-state index contributed by atoms with van der Waals surface area (Å²) in [6.07, 6.45) is 0.266. The van der Waals surface area contributed by atoms with Gasteiger partial charge in [0.05, 0.1) is 5.92 Å². The fraction of sp³-hybridized carbons (Fsp3) is 0.238. The molecule has 0 spiro atoms. The standard InChI is InChI=1S/C21H20N4O3/c1-2-25-13-16(12-18(25)26)20(27)22-17-10-8-15(9-11-17)21-23-19(24-28-21)14-6-4-3-5-7-14/h3-11,16H,2,12-13H2,1H3,(H,22,27). The molecular weight excluding hydrogens is 356 g/mol. The molecule has 1 fully saturated rings. The van der Waals surface area contributed by atoms with Crippen LogP contribution in [-0.2, 0) is 9.59 Å². The second kappa shape index (κ2) is 7.64. The number of likely N-dealkylation sites (tertiary alicyclic amines) is 1. The number of aromatic nitrogens is 2. The van der Waals surface area contributed by atoms with Crippen LogP contribution in [0.15, 0.2) is 59.1 Å². The largest absolute Gasteiger partial charge is 0.342 e. The van der Waals surface area contributed by atoms with Crippen molar-refractivity contribution in [3.63, 3.8) is 0 Å². The molecule has 1 atom stereocenters. The molecule has 1 saturated heterocycles. The summed E-state index contributed by atoms with van der Waals surface area (Å²) in [7, 11) is 0. The summed E-state index contributed by atoms with van der Waals surface area (Å²) < 4.78 is 5.35. The van der Waals surface area contributed by atoms with E-state index in [1.807, 2.05) is 49.4 Å². The van der Waals surface area contributed by atoms with Crippen molar-refractivity contribution in [3.05, 3.63) is 54.6 Å². The molecule has 0 saturated carbocycles. The van der Waals surface area contributed by atoms with Crippen LogP contribution in [-0.4, -0.2) is 39.9 Å². The zero-order valence-corrected chi connectivity index (χ0v) is 15.5. The Bertz CT molecular complexity index is 982. The average molecular weight is 376 g/mol. The molecule has 7 heteroatoms. The third kappa shape index (κ3) is 3.64. The smallest absolute Gasteiger partial charge is 0.258 e. The Balaban J connectivity index is 1.43. The summed E-state index contributed by atoms with van der Waals surface area (Å²) in [4.78, 5) is 30.3. The van der Waals surface area contributed by atoms with Crippen LogP contribution in [0.25, 0.3) is 22.8 Å². The number of nitrogens with one attached hydrogen (secondary N) is 1. The van der Waals surface area contributed by atoms with Crippen molar-refractivity contribution in [2.45, 2.75) is 13.3 Å². The molecule has 1 aromatic heterocycles. The first-order valence-electron chi connectivity index (χ1n) is 9.22. The molecule has 1 aliphatic heterocycles. The van der Waals surface area contributed by atoms with Gasteiger partial charge < -0.3 is 14.7 Å². The molecule has 0 aliphatic carbocycles. The van der Waals surface area contributed by atoms with Crippen LogP contribution in [0.1, 0.15) is 13.3 Å². The van der Waals surface area contributed by atoms with Crippen LogP contribution in [0.2, 0.25) is 0 Å². The van der Waals surface area contributed by atoms with E-state index in [4.69, 9.17) is 4.52 Å². The fourth-order valence-corrected chi connectivity index (χ4v) is 3.24. The maximum absolute atomic E-state index is 12.4. The van der Waals surface area contributed by atoms with Gasteiger partial charge in [-0.25, -0.2) is 0 Å². The van der Waals surface area contributed by atoms with Crippen LogP contribution in [0, 0.1) is 5.92 Å². The lowest BCUT2D eigenvalue weighted by atomic mass is 10.1. The van der Waals surface area contributed by atoms with E-state index in [9.17, 15) is 9.59 Å². The number of hydrogen-bond donors (Lipinski definition) is 1. The summed E-state index contributed by atoms with van der Waals surface area (Å²) in [5, 5.41) is 6.89. The first kappa shape index (κ1) is 17.9. The van der Waals surface area contributed by atoms with Gasteiger partial charge in [0.15, 0.2) is 0 Å². The molecule has 4 rings (SSSR count). The third-order valence-corrected chi connectivity index (χ3v) is 4.82. The van der Waals surface area contributed by atoms with E-state index < -0.39 is 0 Å². The Morgan fingerprint density at radius 1 is 1.14 bits per heavy atom. The lowest BCUT2D eigenvalue weighted by molar-refractivity contribution is -0.128. The van der Waals surface area contributed by atoms with Crippen LogP contribution in [0.3, 0.4) is 0 Å². The second-order valence-electron chi connectivity index (χ2n) is 6.69. The van der Waals surface area contributed by atoms with Gasteiger partial charge in [0, 0.05) is 36.3 Å². The van der Waals surface area contributed by atoms with Crippen molar-refractivity contribution in [2.75, 3.05) is 18.4 Å². The van der Waals surface area contributed by atoms with E-state index in [-0.39, 0.29) is 24.2 Å². The number of carbonyl (C=O) groups is 2. The predicted molar refractivity (Wildman–Crippen MR) is 104 cm³/mol. The summed E-state index contributed by atoms with van der Waals surface area (Å²) in [5.41, 5.74) is 2.31. The zero-order valence-electron chi connectivity index (χ0n) is 15.5. The maximum atomic E-state index is 12.4. The van der Waals surface area contributed by atoms with E-state index in [1.165, 1.54) is 0 Å². The first-order valence-corrected chi connectivity index (χ1v) is 9.22. The number of hydrogen-bond acceptors (Lipinski definition) is 5. The Labute approximate surface area is 162 Å². The molecule has 1 unspecified atom stereocenters. The molecule has 142 valence electrons. The highest BCUT2D eigenvalue weighted by Gasteiger charge is 2.33. The highest BCUT2D eigenvalue weighted by atomic mass is 16.5. The van der Waals surface area contributed by atoms with Crippen LogP contribution < -0.4 is 5.32 Å². The van der Waals surface area contributed by atoms with Crippen molar-refractivity contribution in [2.24, 2.45) is 5.92 Å². The van der Waals surface area contributed by atoms with Crippen molar-refractivity contribution >= 4 is 17.5 Å². The summed E-state index contributed by atoms with van der Waals surface area (Å²) >= 11 is 0. The Hall–Kier alpha value is -3.48. The molecule has 0 bridgehead atoms. The molecule has 1 N–H and O–H groups in total. The zero-order chi connectivity index (χ0) is 19.5. The molecule has 2 aromatic carbocycles. The molecule has 3 aromatic rings. The summed E-state index contributed by atoms with van der Waals surface area (Å²) in [6, 6.07) is 16.8. The SMILES string of the molecule is CCN1CC(C(=O)Nc2ccc(-c3nc(-c4ccccc4)no3)cc2)CC1=O. The van der Waals surface area contributed by atoms with Gasteiger partial charge in [0.2, 0.25) is 17.6 Å². The van der Waals surface area contributed by atoms with Gasteiger partial charge in [-0.1, -0.05) is 35.5 Å². The van der Waals surface area contributed by atoms with Gasteiger partial charge in [-0.3, -0.25) is 9.59 Å². The van der Waals surface area contributed by atoms with E-state index >= 15 is 0 Å². The second-order valence-corrected chi connectivity index (χ2v) is 6.69. The number of rotatable bonds is 5. The molecule has 28 heavy (non-hydrogen) atoms. The van der Waals surface area contributed by atoms with E-state index in [0.29, 0.717) is 30.5 Å². The monoisotopic (exact) mass is 376 g/mol. The average Bonchev–Trinajstić information content (AvgIpc) is 3.36. The lowest BCUT2D eigenvalue weighted by Gasteiger charge is -2.13. The van der Waals surface area contributed by atoms with Crippen LogP contribution in [0.4, 0.5) is 5.69 Å². The van der Waals surface area contributed by atoms with E-state index in [2.05, 4.69) is 15.5 Å². The van der Waals surface area contributed by atoms with Gasteiger partial charge in [0.1, 0.15) is 0 Å². The number of nitrogens with zero attached hydrogens (tertiary/aromatic N) is 3. The first-order chi connectivity index (χ1) is 13.6. The Kier molecular flexibility index (Phi) is 4.89. The van der Waals surface area contributed by atoms with Crippen molar-refractivity contribution < 1.29 is 14.1 Å². The highest BCUT2D eigenvalue weighted by Crippen LogP contribution is 2.24. The fourth-order valence-electron chi connectivity index (χ4n) is 3.24. The number of amides is 2. The number of benzene rings is 2. The Morgan fingerprint density at radius 2 is 1.89 bits per heavy atom. The number of carbonyl (C=O) groups excluding carboxylic acids is 2. The number of anilines is 1. The molecule has 2 amide bonds. The van der Waals surface area contributed by atoms with Gasteiger partial charge in [-0.05, 0) is 31.2 Å². The van der Waals surface area contributed by atoms with Crippen LogP contribution >= 0.6 is 0 Å². The quantitative estimate of drug-likeness (QED) is 0.739. The lowest BCUT2D eigenvalue weighted by Crippen LogP contribution is -2.28. The summed E-state index contributed by atoms with van der Waals surface area (Å²) in [5.74, 6) is 0.525. The summed E-state index contributed by atoms with van der Waals surface area (Å²) in [6.45, 7) is 3.02. The van der Waals surface area contributed by atoms with Gasteiger partial charge in [-0.15, -0.1) is 0 Å². The van der Waals surface area contributed by atoms with Crippen molar-refractivity contribution in [1.29, 1.82) is 0 Å². The topological polar surface area (TPSA) is 88.3 Å². The minimum Gasteiger partial charge on any atom is -0.342 e.